The van der Waals surface area contributed by atoms with Gasteiger partial charge in [-0.2, -0.15) is 0 Å². The average molecular weight is 424 g/mol. The van der Waals surface area contributed by atoms with Gasteiger partial charge in [-0.3, -0.25) is 14.7 Å². The Kier molecular flexibility index (Phi) is 4.79. The van der Waals surface area contributed by atoms with Crippen LogP contribution in [0.3, 0.4) is 0 Å². The van der Waals surface area contributed by atoms with Crippen LogP contribution >= 0.6 is 11.8 Å². The molecule has 0 amide bonds. The predicted octanol–water partition coefficient (Wildman–Crippen LogP) is 4.05. The molecular formula is C19H16N6O4S. The summed E-state index contributed by atoms with van der Waals surface area (Å²) in [7, 11) is 0. The van der Waals surface area contributed by atoms with Crippen molar-refractivity contribution in [3.8, 4) is 11.5 Å². The van der Waals surface area contributed by atoms with Gasteiger partial charge >= 0.3 is 0 Å². The Morgan fingerprint density at radius 2 is 1.97 bits per heavy atom. The smallest absolute Gasteiger partial charge is 0.269 e. The van der Waals surface area contributed by atoms with Gasteiger partial charge in [0.25, 0.3) is 5.69 Å². The molecule has 11 heteroatoms. The highest BCUT2D eigenvalue weighted by molar-refractivity contribution is 7.98. The topological polar surface area (TPSA) is 126 Å². The molecule has 1 aliphatic carbocycles. The number of benzene rings is 1. The van der Waals surface area contributed by atoms with Crippen molar-refractivity contribution in [2.75, 3.05) is 0 Å². The first-order valence-electron chi connectivity index (χ1n) is 9.33. The third-order valence-electron chi connectivity index (χ3n) is 4.70. The van der Waals surface area contributed by atoms with Crippen LogP contribution in [0.5, 0.6) is 0 Å². The quantitative estimate of drug-likeness (QED) is 0.234. The molecule has 1 aromatic carbocycles. The van der Waals surface area contributed by atoms with Gasteiger partial charge in [-0.1, -0.05) is 11.8 Å². The van der Waals surface area contributed by atoms with E-state index in [1.807, 2.05) is 12.1 Å². The first kappa shape index (κ1) is 18.6. The molecule has 1 aliphatic rings. The number of hydrogen-bond acceptors (Lipinski definition) is 9. The average Bonchev–Trinajstić information content (AvgIpc) is 3.14. The van der Waals surface area contributed by atoms with E-state index < -0.39 is 4.92 Å². The van der Waals surface area contributed by atoms with E-state index >= 15 is 0 Å². The minimum atomic E-state index is -0.450. The van der Waals surface area contributed by atoms with Crippen molar-refractivity contribution in [3.05, 3.63) is 70.3 Å². The molecule has 3 heterocycles. The normalized spacial score (nSPS) is 13.6. The van der Waals surface area contributed by atoms with Gasteiger partial charge in [-0.25, -0.2) is 0 Å². The number of thioether (sulfide) groups is 1. The Hall–Kier alpha value is -3.47. The lowest BCUT2D eigenvalue weighted by atomic mass is 10.2. The predicted molar refractivity (Wildman–Crippen MR) is 106 cm³/mol. The number of furan rings is 1. The second kappa shape index (κ2) is 7.75. The van der Waals surface area contributed by atoms with Gasteiger partial charge < -0.3 is 8.83 Å². The second-order valence-corrected chi connectivity index (χ2v) is 7.82. The van der Waals surface area contributed by atoms with Gasteiger partial charge in [0, 0.05) is 23.6 Å². The van der Waals surface area contributed by atoms with E-state index in [9.17, 15) is 10.1 Å². The van der Waals surface area contributed by atoms with E-state index in [0.29, 0.717) is 35.6 Å². The Balaban J connectivity index is 1.30. The van der Waals surface area contributed by atoms with E-state index in [2.05, 4.69) is 25.0 Å². The molecule has 3 aromatic heterocycles. The highest BCUT2D eigenvalue weighted by atomic mass is 32.2. The number of aromatic nitrogens is 5. The minimum Gasteiger partial charge on any atom is -0.467 e. The van der Waals surface area contributed by atoms with Crippen LogP contribution in [-0.4, -0.2) is 29.9 Å². The lowest BCUT2D eigenvalue weighted by Gasteiger charge is -2.07. The van der Waals surface area contributed by atoms with Crippen LogP contribution in [0, 0.1) is 10.1 Å². The monoisotopic (exact) mass is 424 g/mol. The first-order valence-corrected chi connectivity index (χ1v) is 10.3. The molecule has 0 spiro atoms. The summed E-state index contributed by atoms with van der Waals surface area (Å²) in [6, 6.07) is 9.78. The summed E-state index contributed by atoms with van der Waals surface area (Å²) in [5.41, 5.74) is 0.637. The molecule has 0 aliphatic heterocycles. The van der Waals surface area contributed by atoms with E-state index in [1.165, 1.54) is 23.9 Å². The number of rotatable bonds is 8. The van der Waals surface area contributed by atoms with Crippen LogP contribution in [0.15, 0.2) is 56.7 Å². The molecule has 0 radical (unpaired) electrons. The molecule has 0 atom stereocenters. The molecule has 0 N–H and O–H groups in total. The van der Waals surface area contributed by atoms with Crippen molar-refractivity contribution in [1.29, 1.82) is 0 Å². The fraction of sp³-hybridized carbons (Fsp3) is 0.263. The zero-order valence-electron chi connectivity index (χ0n) is 15.7. The summed E-state index contributed by atoms with van der Waals surface area (Å²) in [6.07, 6.45) is 3.91. The lowest BCUT2D eigenvalue weighted by molar-refractivity contribution is -0.384. The van der Waals surface area contributed by atoms with E-state index in [0.717, 1.165) is 29.6 Å². The standard InChI is InChI=1S/C19H16N6O4S/c26-25(27)14-7-5-13(6-8-14)18-22-20-16(29-18)11-30-19-23-21-17(12-3-4-12)24(19)10-15-2-1-9-28-15/h1-2,5-9,12H,3-4,10-11H2. The van der Waals surface area contributed by atoms with Crippen LogP contribution in [0.2, 0.25) is 0 Å². The molecule has 0 unspecified atom stereocenters. The van der Waals surface area contributed by atoms with Crippen molar-refractivity contribution in [1.82, 2.24) is 25.0 Å². The van der Waals surface area contributed by atoms with Crippen LogP contribution in [-0.2, 0) is 12.3 Å². The molecule has 1 saturated carbocycles. The first-order chi connectivity index (χ1) is 14.7. The summed E-state index contributed by atoms with van der Waals surface area (Å²) in [4.78, 5) is 10.3. The molecule has 30 heavy (non-hydrogen) atoms. The zero-order chi connectivity index (χ0) is 20.5. The molecule has 5 rings (SSSR count). The Bertz CT molecular complexity index is 1160. The maximum Gasteiger partial charge on any atom is 0.269 e. The van der Waals surface area contributed by atoms with E-state index in [4.69, 9.17) is 8.83 Å². The van der Waals surface area contributed by atoms with Crippen molar-refractivity contribution < 1.29 is 13.8 Å². The second-order valence-electron chi connectivity index (χ2n) is 6.87. The summed E-state index contributed by atoms with van der Waals surface area (Å²) in [5.74, 6) is 3.47. The molecule has 0 bridgehead atoms. The summed E-state index contributed by atoms with van der Waals surface area (Å²) < 4.78 is 13.3. The maximum atomic E-state index is 10.8. The molecule has 152 valence electrons. The number of nitro benzene ring substituents is 1. The molecule has 1 fully saturated rings. The van der Waals surface area contributed by atoms with Crippen molar-refractivity contribution >= 4 is 17.4 Å². The van der Waals surface area contributed by atoms with Gasteiger partial charge in [0.05, 0.1) is 23.5 Å². The SMILES string of the molecule is O=[N+]([O-])c1ccc(-c2nnc(CSc3nnc(C4CC4)n3Cc3ccco3)o2)cc1. The van der Waals surface area contributed by atoms with Crippen LogP contribution in [0.4, 0.5) is 5.69 Å². The van der Waals surface area contributed by atoms with Gasteiger partial charge in [0.2, 0.25) is 11.8 Å². The molecule has 10 nitrogen and oxygen atoms in total. The molecular weight excluding hydrogens is 408 g/mol. The lowest BCUT2D eigenvalue weighted by Crippen LogP contribution is -2.05. The van der Waals surface area contributed by atoms with Crippen molar-refractivity contribution in [2.45, 2.75) is 36.2 Å². The fourth-order valence-electron chi connectivity index (χ4n) is 3.04. The highest BCUT2D eigenvalue weighted by Gasteiger charge is 2.30. The van der Waals surface area contributed by atoms with Crippen molar-refractivity contribution in [2.24, 2.45) is 0 Å². The number of non-ortho nitro benzene ring substituents is 1. The van der Waals surface area contributed by atoms with E-state index in [1.54, 1.807) is 18.4 Å². The Labute approximate surface area is 174 Å². The van der Waals surface area contributed by atoms with Gasteiger partial charge in [-0.15, -0.1) is 20.4 Å². The largest absolute Gasteiger partial charge is 0.467 e. The Morgan fingerprint density at radius 1 is 1.13 bits per heavy atom. The van der Waals surface area contributed by atoms with Gasteiger partial charge in [0.1, 0.15) is 11.6 Å². The summed E-state index contributed by atoms with van der Waals surface area (Å²) in [6.45, 7) is 0.575. The minimum absolute atomic E-state index is 0.0106. The number of nitrogens with zero attached hydrogens (tertiary/aromatic N) is 6. The van der Waals surface area contributed by atoms with E-state index in [-0.39, 0.29) is 5.69 Å². The number of hydrogen-bond donors (Lipinski definition) is 0. The van der Waals surface area contributed by atoms with Crippen LogP contribution in [0.1, 0.15) is 36.2 Å². The van der Waals surface area contributed by atoms with Crippen molar-refractivity contribution in [3.63, 3.8) is 0 Å². The van der Waals surface area contributed by atoms with Gasteiger partial charge in [0.15, 0.2) is 5.16 Å². The number of nitro groups is 1. The molecule has 4 aromatic rings. The Morgan fingerprint density at radius 3 is 2.67 bits per heavy atom. The maximum absolute atomic E-state index is 10.8. The zero-order valence-corrected chi connectivity index (χ0v) is 16.5. The molecule has 0 saturated heterocycles. The van der Waals surface area contributed by atoms with Gasteiger partial charge in [-0.05, 0) is 37.1 Å². The highest BCUT2D eigenvalue weighted by Crippen LogP contribution is 2.40. The third kappa shape index (κ3) is 3.83. The third-order valence-corrected chi connectivity index (χ3v) is 5.65. The van der Waals surface area contributed by atoms with Crippen LogP contribution < -0.4 is 0 Å². The summed E-state index contributed by atoms with van der Waals surface area (Å²) in [5, 5.41) is 28.4. The summed E-state index contributed by atoms with van der Waals surface area (Å²) >= 11 is 1.47. The fourth-order valence-corrected chi connectivity index (χ4v) is 3.82. The van der Waals surface area contributed by atoms with Crippen LogP contribution in [0.25, 0.3) is 11.5 Å².